The van der Waals surface area contributed by atoms with E-state index in [9.17, 15) is 4.79 Å². The minimum Gasteiger partial charge on any atom is -0.340 e. The third-order valence-corrected chi connectivity index (χ3v) is 1.98. The van der Waals surface area contributed by atoms with E-state index in [4.69, 9.17) is 5.26 Å². The average Bonchev–Trinajstić information content (AvgIpc) is 2.63. The molecule has 0 bridgehead atoms. The molecule has 1 N–H and O–H groups in total. The molecule has 1 aromatic carbocycles. The fraction of sp³-hybridized carbons (Fsp3) is 0.100. The van der Waals surface area contributed by atoms with Gasteiger partial charge in [0.25, 0.3) is 0 Å². The number of rotatable bonds is 2. The molecule has 0 aliphatic carbocycles. The van der Waals surface area contributed by atoms with Crippen LogP contribution in [0.1, 0.15) is 11.7 Å². The van der Waals surface area contributed by atoms with Gasteiger partial charge in [-0.3, -0.25) is 0 Å². The molecule has 14 heavy (non-hydrogen) atoms. The normalized spacial score (nSPS) is 12.2. The number of fused-ring (bicyclic) bond motifs is 1. The Morgan fingerprint density at radius 1 is 1.50 bits per heavy atom. The lowest BCUT2D eigenvalue weighted by atomic mass is 10.2. The molecule has 0 radical (unpaired) electrons. The van der Waals surface area contributed by atoms with Gasteiger partial charge in [-0.2, -0.15) is 5.26 Å². The van der Waals surface area contributed by atoms with Crippen LogP contribution in [-0.2, 0) is 4.79 Å². The summed E-state index contributed by atoms with van der Waals surface area (Å²) in [6, 6.07) is 9.27. The molecular weight excluding hydrogens is 178 g/mol. The van der Waals surface area contributed by atoms with E-state index in [1.54, 1.807) is 0 Å². The third-order valence-electron chi connectivity index (χ3n) is 1.98. The molecule has 0 amide bonds. The Hall–Kier alpha value is -2.15. The van der Waals surface area contributed by atoms with E-state index in [2.05, 4.69) is 9.97 Å². The molecule has 1 atom stereocenters. The lowest BCUT2D eigenvalue weighted by Crippen LogP contribution is -1.98. The average molecular weight is 185 g/mol. The molecule has 1 aromatic heterocycles. The maximum absolute atomic E-state index is 10.5. The van der Waals surface area contributed by atoms with Gasteiger partial charge in [-0.1, -0.05) is 12.1 Å². The number of para-hydroxylation sites is 2. The van der Waals surface area contributed by atoms with Gasteiger partial charge in [-0.05, 0) is 12.1 Å². The molecule has 0 aliphatic rings. The van der Waals surface area contributed by atoms with Gasteiger partial charge in [0.15, 0.2) is 5.92 Å². The van der Waals surface area contributed by atoms with Crippen LogP contribution in [-0.4, -0.2) is 16.3 Å². The van der Waals surface area contributed by atoms with E-state index in [1.807, 2.05) is 30.3 Å². The van der Waals surface area contributed by atoms with Crippen molar-refractivity contribution in [1.29, 1.82) is 5.26 Å². The molecule has 2 aromatic rings. The summed E-state index contributed by atoms with van der Waals surface area (Å²) in [5, 5.41) is 8.66. The van der Waals surface area contributed by atoms with Crippen molar-refractivity contribution in [3.8, 4) is 6.07 Å². The van der Waals surface area contributed by atoms with Gasteiger partial charge < -0.3 is 9.78 Å². The van der Waals surface area contributed by atoms with Crippen molar-refractivity contribution in [2.45, 2.75) is 5.92 Å². The fourth-order valence-electron chi connectivity index (χ4n) is 1.28. The Morgan fingerprint density at radius 2 is 2.29 bits per heavy atom. The summed E-state index contributed by atoms with van der Waals surface area (Å²) in [5.41, 5.74) is 1.61. The number of carbonyl (C=O) groups excluding carboxylic acids is 1. The highest BCUT2D eigenvalue weighted by atomic mass is 16.1. The van der Waals surface area contributed by atoms with Gasteiger partial charge in [0.1, 0.15) is 12.1 Å². The Bertz CT molecular complexity index is 476. The molecule has 4 heteroatoms. The summed E-state index contributed by atoms with van der Waals surface area (Å²) in [4.78, 5) is 17.6. The Morgan fingerprint density at radius 3 is 2.93 bits per heavy atom. The van der Waals surface area contributed by atoms with Gasteiger partial charge in [-0.15, -0.1) is 0 Å². The summed E-state index contributed by atoms with van der Waals surface area (Å²) < 4.78 is 0. The van der Waals surface area contributed by atoms with Gasteiger partial charge in [-0.25, -0.2) is 4.98 Å². The van der Waals surface area contributed by atoms with Gasteiger partial charge in [0, 0.05) is 0 Å². The number of nitrogens with zero attached hydrogens (tertiary/aromatic N) is 2. The maximum atomic E-state index is 10.5. The van der Waals surface area contributed by atoms with Gasteiger partial charge in [0.2, 0.25) is 0 Å². The molecule has 4 nitrogen and oxygen atoms in total. The number of hydrogen-bond acceptors (Lipinski definition) is 3. The van der Waals surface area contributed by atoms with Crippen molar-refractivity contribution in [3.63, 3.8) is 0 Å². The van der Waals surface area contributed by atoms with Gasteiger partial charge in [0.05, 0.1) is 17.1 Å². The van der Waals surface area contributed by atoms with E-state index in [1.165, 1.54) is 0 Å². The van der Waals surface area contributed by atoms with Crippen LogP contribution in [0.15, 0.2) is 24.3 Å². The highest BCUT2D eigenvalue weighted by Gasteiger charge is 2.13. The largest absolute Gasteiger partial charge is 0.340 e. The second-order valence-corrected chi connectivity index (χ2v) is 2.88. The van der Waals surface area contributed by atoms with Crippen LogP contribution < -0.4 is 0 Å². The van der Waals surface area contributed by atoms with Crippen molar-refractivity contribution in [1.82, 2.24) is 9.97 Å². The molecule has 1 heterocycles. The highest BCUT2D eigenvalue weighted by molar-refractivity contribution is 5.76. The summed E-state index contributed by atoms with van der Waals surface area (Å²) in [6.45, 7) is 0. The first kappa shape index (κ1) is 8.45. The van der Waals surface area contributed by atoms with Crippen LogP contribution >= 0.6 is 0 Å². The van der Waals surface area contributed by atoms with Crippen LogP contribution in [0.4, 0.5) is 0 Å². The number of imidazole rings is 1. The number of aldehydes is 1. The van der Waals surface area contributed by atoms with Crippen LogP contribution in [0.3, 0.4) is 0 Å². The molecule has 0 saturated carbocycles. The maximum Gasteiger partial charge on any atom is 0.159 e. The van der Waals surface area contributed by atoms with Gasteiger partial charge >= 0.3 is 0 Å². The summed E-state index contributed by atoms with van der Waals surface area (Å²) in [7, 11) is 0. The zero-order valence-electron chi connectivity index (χ0n) is 7.27. The number of nitrogens with one attached hydrogen (secondary N) is 1. The van der Waals surface area contributed by atoms with Crippen molar-refractivity contribution in [2.75, 3.05) is 0 Å². The topological polar surface area (TPSA) is 69.5 Å². The van der Waals surface area contributed by atoms with Crippen LogP contribution in [0.5, 0.6) is 0 Å². The number of nitriles is 1. The third kappa shape index (κ3) is 1.25. The number of hydrogen-bond donors (Lipinski definition) is 1. The van der Waals surface area contributed by atoms with E-state index in [0.717, 1.165) is 11.0 Å². The van der Waals surface area contributed by atoms with Crippen LogP contribution in [0.2, 0.25) is 0 Å². The number of aromatic amines is 1. The summed E-state index contributed by atoms with van der Waals surface area (Å²) >= 11 is 0. The quantitative estimate of drug-likeness (QED) is 0.718. The summed E-state index contributed by atoms with van der Waals surface area (Å²) in [5.74, 6) is -0.397. The van der Waals surface area contributed by atoms with Crippen molar-refractivity contribution in [3.05, 3.63) is 30.1 Å². The lowest BCUT2D eigenvalue weighted by molar-refractivity contribution is -0.108. The monoisotopic (exact) mass is 185 g/mol. The van der Waals surface area contributed by atoms with Crippen molar-refractivity contribution in [2.24, 2.45) is 0 Å². The number of benzene rings is 1. The predicted octanol–water partition coefficient (Wildman–Crippen LogP) is 1.37. The van der Waals surface area contributed by atoms with E-state index in [-0.39, 0.29) is 0 Å². The smallest absolute Gasteiger partial charge is 0.159 e. The van der Waals surface area contributed by atoms with Crippen LogP contribution in [0.25, 0.3) is 11.0 Å². The zero-order chi connectivity index (χ0) is 9.97. The highest BCUT2D eigenvalue weighted by Crippen LogP contribution is 2.15. The standard InChI is InChI=1S/C10H7N3O/c11-5-7(6-14)10-12-8-3-1-2-4-9(8)13-10/h1-4,6-7H,(H,12,13). The van der Waals surface area contributed by atoms with Crippen molar-refractivity contribution < 1.29 is 4.79 Å². The Kier molecular flexibility index (Phi) is 1.99. The van der Waals surface area contributed by atoms with E-state index >= 15 is 0 Å². The first-order valence-corrected chi connectivity index (χ1v) is 4.14. The molecule has 0 saturated heterocycles. The molecule has 0 aliphatic heterocycles. The van der Waals surface area contributed by atoms with E-state index < -0.39 is 5.92 Å². The molecule has 0 fully saturated rings. The fourth-order valence-corrected chi connectivity index (χ4v) is 1.28. The molecule has 2 rings (SSSR count). The molecule has 0 spiro atoms. The Labute approximate surface area is 80.2 Å². The number of H-pyrrole nitrogens is 1. The van der Waals surface area contributed by atoms with Crippen LogP contribution in [0, 0.1) is 11.3 Å². The molecule has 68 valence electrons. The second kappa shape index (κ2) is 3.30. The minimum absolute atomic E-state index is 0.406. The minimum atomic E-state index is -0.803. The number of aromatic nitrogens is 2. The lowest BCUT2D eigenvalue weighted by Gasteiger charge is -1.91. The SMILES string of the molecule is N#CC(C=O)c1nc2ccccc2[nH]1. The summed E-state index contributed by atoms with van der Waals surface area (Å²) in [6.07, 6.45) is 0.581. The van der Waals surface area contributed by atoms with E-state index in [0.29, 0.717) is 12.1 Å². The molecular formula is C10H7N3O. The number of carbonyl (C=O) groups is 1. The van der Waals surface area contributed by atoms with Crippen molar-refractivity contribution >= 4 is 17.3 Å². The predicted molar refractivity (Wildman–Crippen MR) is 50.5 cm³/mol. The zero-order valence-corrected chi connectivity index (χ0v) is 7.27. The molecule has 1 unspecified atom stereocenters. The Balaban J connectivity index is 2.55. The first-order valence-electron chi connectivity index (χ1n) is 4.14. The first-order chi connectivity index (χ1) is 6.85. The second-order valence-electron chi connectivity index (χ2n) is 2.88.